The van der Waals surface area contributed by atoms with Gasteiger partial charge in [-0.15, -0.1) is 0 Å². The van der Waals surface area contributed by atoms with Crippen molar-refractivity contribution in [3.8, 4) is 0 Å². The first-order valence-corrected chi connectivity index (χ1v) is 6.54. The zero-order chi connectivity index (χ0) is 11.8. The van der Waals surface area contributed by atoms with Gasteiger partial charge in [0, 0.05) is 23.8 Å². The maximum Gasteiger partial charge on any atom is 0.272 e. The molecular weight excluding hydrogens is 236 g/mol. The molecule has 90 valence electrons. The minimum atomic E-state index is 0.0434. The van der Waals surface area contributed by atoms with Gasteiger partial charge in [0.05, 0.1) is 0 Å². The molecule has 0 N–H and O–H groups in total. The van der Waals surface area contributed by atoms with Crippen LogP contribution in [0.25, 0.3) is 0 Å². The van der Waals surface area contributed by atoms with E-state index in [1.165, 1.54) is 12.8 Å². The molecule has 0 unspecified atom stereocenters. The predicted molar refractivity (Wildman–Crippen MR) is 66.0 cm³/mol. The summed E-state index contributed by atoms with van der Waals surface area (Å²) in [5, 5.41) is 0.575. The highest BCUT2D eigenvalue weighted by molar-refractivity contribution is 6.30. The van der Waals surface area contributed by atoms with Gasteiger partial charge >= 0.3 is 0 Å². The van der Waals surface area contributed by atoms with Crippen LogP contribution in [0.2, 0.25) is 5.02 Å². The van der Waals surface area contributed by atoms with Crippen LogP contribution in [-0.2, 0) is 0 Å². The van der Waals surface area contributed by atoms with Gasteiger partial charge in [0.15, 0.2) is 0 Å². The lowest BCUT2D eigenvalue weighted by Crippen LogP contribution is -2.35. The molecule has 0 bridgehead atoms. The van der Waals surface area contributed by atoms with Gasteiger partial charge in [-0.3, -0.25) is 9.78 Å². The van der Waals surface area contributed by atoms with Crippen molar-refractivity contribution >= 4 is 17.5 Å². The molecule has 0 atom stereocenters. The number of carbonyl (C=O) groups excluding carboxylic acids is 1. The van der Waals surface area contributed by atoms with Crippen LogP contribution < -0.4 is 0 Å². The van der Waals surface area contributed by atoms with E-state index in [9.17, 15) is 4.79 Å². The van der Waals surface area contributed by atoms with Crippen LogP contribution in [0.3, 0.4) is 0 Å². The average Bonchev–Trinajstić information content (AvgIpc) is 3.16. The molecular formula is C13H15ClN2O. The monoisotopic (exact) mass is 250 g/mol. The van der Waals surface area contributed by atoms with Crippen molar-refractivity contribution in [1.82, 2.24) is 9.88 Å². The fraction of sp³-hybridized carbons (Fsp3) is 0.538. The highest BCUT2D eigenvalue weighted by atomic mass is 35.5. The molecule has 0 saturated heterocycles. The molecule has 2 fully saturated rings. The quantitative estimate of drug-likeness (QED) is 0.823. The maximum atomic E-state index is 12.3. The number of aromatic nitrogens is 1. The number of amides is 1. The molecule has 1 heterocycles. The van der Waals surface area contributed by atoms with Crippen LogP contribution in [0.4, 0.5) is 0 Å². The fourth-order valence-corrected chi connectivity index (χ4v) is 2.19. The first-order valence-electron chi connectivity index (χ1n) is 6.16. The first-order chi connectivity index (χ1) is 8.24. The van der Waals surface area contributed by atoms with Gasteiger partial charge in [-0.25, -0.2) is 0 Å². The summed E-state index contributed by atoms with van der Waals surface area (Å²) in [6.45, 7) is 0.900. The largest absolute Gasteiger partial charge is 0.334 e. The summed E-state index contributed by atoms with van der Waals surface area (Å²) in [5.41, 5.74) is 0.477. The Bertz CT molecular complexity index is 441. The molecule has 2 aliphatic carbocycles. The summed E-state index contributed by atoms with van der Waals surface area (Å²) in [7, 11) is 0. The number of hydrogen-bond acceptors (Lipinski definition) is 2. The zero-order valence-electron chi connectivity index (χ0n) is 9.60. The second kappa shape index (κ2) is 4.30. The second-order valence-electron chi connectivity index (χ2n) is 4.99. The van der Waals surface area contributed by atoms with E-state index < -0.39 is 0 Å². The van der Waals surface area contributed by atoms with Gasteiger partial charge < -0.3 is 4.90 Å². The highest BCUT2D eigenvalue weighted by Crippen LogP contribution is 2.35. The average molecular weight is 251 g/mol. The van der Waals surface area contributed by atoms with Crippen molar-refractivity contribution in [2.75, 3.05) is 6.54 Å². The predicted octanol–water partition coefficient (Wildman–Crippen LogP) is 2.75. The Morgan fingerprint density at radius 1 is 1.41 bits per heavy atom. The third kappa shape index (κ3) is 2.60. The summed E-state index contributed by atoms with van der Waals surface area (Å²) in [6, 6.07) is 3.80. The third-order valence-electron chi connectivity index (χ3n) is 3.34. The summed E-state index contributed by atoms with van der Waals surface area (Å²) in [6.07, 6.45) is 6.40. The van der Waals surface area contributed by atoms with Crippen molar-refractivity contribution in [3.05, 3.63) is 29.0 Å². The lowest BCUT2D eigenvalue weighted by atomic mass is 10.2. The molecule has 1 aromatic rings. The number of pyridine rings is 1. The number of hydrogen-bond donors (Lipinski definition) is 0. The Morgan fingerprint density at radius 2 is 2.18 bits per heavy atom. The zero-order valence-corrected chi connectivity index (χ0v) is 10.4. The molecule has 3 rings (SSSR count). The van der Waals surface area contributed by atoms with Gasteiger partial charge in [-0.05, 0) is 43.7 Å². The second-order valence-corrected chi connectivity index (χ2v) is 5.43. The van der Waals surface area contributed by atoms with Gasteiger partial charge in [-0.2, -0.15) is 0 Å². The van der Waals surface area contributed by atoms with Crippen molar-refractivity contribution in [2.24, 2.45) is 5.92 Å². The van der Waals surface area contributed by atoms with Crippen LogP contribution in [0.5, 0.6) is 0 Å². The lowest BCUT2D eigenvalue weighted by Gasteiger charge is -2.21. The highest BCUT2D eigenvalue weighted by Gasteiger charge is 2.37. The molecule has 2 saturated carbocycles. The van der Waals surface area contributed by atoms with Crippen molar-refractivity contribution in [2.45, 2.75) is 31.7 Å². The van der Waals surface area contributed by atoms with E-state index >= 15 is 0 Å². The summed E-state index contributed by atoms with van der Waals surface area (Å²) >= 11 is 5.90. The molecule has 3 nitrogen and oxygen atoms in total. The molecule has 2 aliphatic rings. The molecule has 4 heteroatoms. The van der Waals surface area contributed by atoms with E-state index in [1.807, 2.05) is 4.90 Å². The van der Waals surface area contributed by atoms with Crippen LogP contribution >= 0.6 is 11.6 Å². The Balaban J connectivity index is 1.77. The Hall–Kier alpha value is -1.09. The van der Waals surface area contributed by atoms with Gasteiger partial charge in [0.25, 0.3) is 5.91 Å². The van der Waals surface area contributed by atoms with Gasteiger partial charge in [0.2, 0.25) is 0 Å². The van der Waals surface area contributed by atoms with E-state index in [1.54, 1.807) is 18.3 Å². The van der Waals surface area contributed by atoms with Crippen molar-refractivity contribution < 1.29 is 4.79 Å². The summed E-state index contributed by atoms with van der Waals surface area (Å²) < 4.78 is 0. The summed E-state index contributed by atoms with van der Waals surface area (Å²) in [5.74, 6) is 0.764. The van der Waals surface area contributed by atoms with E-state index in [4.69, 9.17) is 11.6 Å². The van der Waals surface area contributed by atoms with E-state index in [-0.39, 0.29) is 5.91 Å². The van der Waals surface area contributed by atoms with Crippen LogP contribution in [0, 0.1) is 5.92 Å². The smallest absolute Gasteiger partial charge is 0.272 e. The fourth-order valence-electron chi connectivity index (χ4n) is 2.03. The molecule has 0 radical (unpaired) electrons. The molecule has 1 aromatic heterocycles. The van der Waals surface area contributed by atoms with Crippen molar-refractivity contribution in [1.29, 1.82) is 0 Å². The standard InChI is InChI=1S/C13H15ClN2O/c14-10-5-6-15-12(7-10)13(17)16(11-3-4-11)8-9-1-2-9/h5-7,9,11H,1-4,8H2. The topological polar surface area (TPSA) is 33.2 Å². The SMILES string of the molecule is O=C(c1cc(Cl)ccn1)N(CC1CC1)C1CC1. The van der Waals surface area contributed by atoms with Crippen LogP contribution in [0.1, 0.15) is 36.2 Å². The maximum absolute atomic E-state index is 12.3. The number of rotatable bonds is 4. The van der Waals surface area contributed by atoms with E-state index in [0.717, 1.165) is 25.3 Å². The third-order valence-corrected chi connectivity index (χ3v) is 3.58. The van der Waals surface area contributed by atoms with E-state index in [0.29, 0.717) is 16.8 Å². The van der Waals surface area contributed by atoms with Crippen LogP contribution in [-0.4, -0.2) is 28.4 Å². The molecule has 0 aromatic carbocycles. The minimum Gasteiger partial charge on any atom is -0.334 e. The molecule has 1 amide bonds. The molecule has 17 heavy (non-hydrogen) atoms. The molecule has 0 aliphatic heterocycles. The normalized spacial score (nSPS) is 19.1. The minimum absolute atomic E-state index is 0.0434. The van der Waals surface area contributed by atoms with Gasteiger partial charge in [0.1, 0.15) is 5.69 Å². The van der Waals surface area contributed by atoms with E-state index in [2.05, 4.69) is 4.98 Å². The Kier molecular flexibility index (Phi) is 2.79. The number of carbonyl (C=O) groups is 1. The Morgan fingerprint density at radius 3 is 2.76 bits per heavy atom. The van der Waals surface area contributed by atoms with Crippen LogP contribution in [0.15, 0.2) is 18.3 Å². The molecule has 0 spiro atoms. The van der Waals surface area contributed by atoms with Crippen molar-refractivity contribution in [3.63, 3.8) is 0 Å². The number of nitrogens with zero attached hydrogens (tertiary/aromatic N) is 2. The lowest BCUT2D eigenvalue weighted by molar-refractivity contribution is 0.0729. The Labute approximate surface area is 106 Å². The summed E-state index contributed by atoms with van der Waals surface area (Å²) in [4.78, 5) is 18.5. The van der Waals surface area contributed by atoms with Gasteiger partial charge in [-0.1, -0.05) is 11.6 Å². The first kappa shape index (κ1) is 11.0. The number of halogens is 1.